The third kappa shape index (κ3) is 3.74. The average Bonchev–Trinajstić information content (AvgIpc) is 3.15. The van der Waals surface area contributed by atoms with Gasteiger partial charge in [-0.05, 0) is 31.9 Å². The summed E-state index contributed by atoms with van der Waals surface area (Å²) in [5, 5.41) is 11.2. The number of piperazine rings is 1. The van der Waals surface area contributed by atoms with E-state index >= 15 is 0 Å². The van der Waals surface area contributed by atoms with Crippen LogP contribution in [0.5, 0.6) is 0 Å². The lowest BCUT2D eigenvalue weighted by Gasteiger charge is -2.42. The molecule has 0 radical (unpaired) electrons. The van der Waals surface area contributed by atoms with Gasteiger partial charge in [-0.3, -0.25) is 14.6 Å². The molecule has 4 rings (SSSR count). The highest BCUT2D eigenvalue weighted by molar-refractivity contribution is 5.85. The summed E-state index contributed by atoms with van der Waals surface area (Å²) in [6.45, 7) is 8.39. The van der Waals surface area contributed by atoms with Crippen molar-refractivity contribution < 1.29 is 14.6 Å². The Labute approximate surface area is 160 Å². The number of hydrogen-bond acceptors (Lipinski definition) is 5. The van der Waals surface area contributed by atoms with Gasteiger partial charge in [0.05, 0.1) is 12.7 Å². The highest BCUT2D eigenvalue weighted by Gasteiger charge is 2.38. The Kier molecular flexibility index (Phi) is 5.21. The van der Waals surface area contributed by atoms with E-state index in [0.717, 1.165) is 38.1 Å². The number of nitrogens with zero attached hydrogens (tertiary/aromatic N) is 3. The lowest BCUT2D eigenvalue weighted by Crippen LogP contribution is -2.54. The molecule has 6 heteroatoms. The van der Waals surface area contributed by atoms with E-state index in [9.17, 15) is 9.90 Å². The van der Waals surface area contributed by atoms with E-state index in [1.165, 1.54) is 10.9 Å². The van der Waals surface area contributed by atoms with Gasteiger partial charge < -0.3 is 14.4 Å². The molecular weight excluding hydrogens is 342 g/mol. The molecule has 2 aliphatic heterocycles. The molecule has 2 saturated heterocycles. The van der Waals surface area contributed by atoms with Crippen LogP contribution in [0.3, 0.4) is 0 Å². The molecule has 0 bridgehead atoms. The normalized spacial score (nSPS) is 26.4. The molecule has 1 N–H and O–H groups in total. The first-order valence-electron chi connectivity index (χ1n) is 9.93. The topological polar surface area (TPSA) is 57.9 Å². The molecule has 1 aromatic heterocycles. The minimum atomic E-state index is -0.202. The molecule has 2 aromatic rings. The van der Waals surface area contributed by atoms with Crippen LogP contribution in [-0.4, -0.2) is 69.9 Å². The molecule has 1 aromatic carbocycles. The Morgan fingerprint density at radius 3 is 2.89 bits per heavy atom. The number of hydrogen-bond donors (Lipinski definition) is 1. The van der Waals surface area contributed by atoms with Gasteiger partial charge in [-0.15, -0.1) is 0 Å². The van der Waals surface area contributed by atoms with Gasteiger partial charge in [0.2, 0.25) is 0 Å². The van der Waals surface area contributed by atoms with Gasteiger partial charge in [-0.25, -0.2) is 0 Å². The van der Waals surface area contributed by atoms with Crippen LogP contribution in [0.15, 0.2) is 30.5 Å². The monoisotopic (exact) mass is 371 g/mol. The van der Waals surface area contributed by atoms with Crippen molar-refractivity contribution in [2.24, 2.45) is 0 Å². The van der Waals surface area contributed by atoms with Gasteiger partial charge in [-0.2, -0.15) is 0 Å². The molecule has 6 nitrogen and oxygen atoms in total. The summed E-state index contributed by atoms with van der Waals surface area (Å²) >= 11 is 0. The summed E-state index contributed by atoms with van der Waals surface area (Å²) in [6, 6.07) is 9.15. The second kappa shape index (κ2) is 7.62. The molecular formula is C21H29N3O3. The minimum absolute atomic E-state index is 0.186. The van der Waals surface area contributed by atoms with E-state index in [4.69, 9.17) is 4.74 Å². The SMILES string of the molecule is CCOC(=O)Cn1cc(CN2CC3C[C@@H](O)CN3C[C@H]2C)c2ccccc21. The second-order valence-corrected chi connectivity index (χ2v) is 7.88. The summed E-state index contributed by atoms with van der Waals surface area (Å²) in [6.07, 6.45) is 2.78. The fraction of sp³-hybridized carbons (Fsp3) is 0.571. The summed E-state index contributed by atoms with van der Waals surface area (Å²) in [5.74, 6) is -0.202. The van der Waals surface area contributed by atoms with Crippen LogP contribution in [-0.2, 0) is 22.6 Å². The predicted molar refractivity (Wildman–Crippen MR) is 104 cm³/mol. The van der Waals surface area contributed by atoms with Gasteiger partial charge >= 0.3 is 5.97 Å². The fourth-order valence-corrected chi connectivity index (χ4v) is 4.64. The standard InChI is InChI=1S/C21H29N3O3/c1-3-27-21(26)14-24-11-16(19-6-4-5-7-20(19)24)10-22-12-17-8-18(25)13-23(17)9-15(22)2/h4-7,11,15,17-18,25H,3,8-10,12-14H2,1-2H3/t15-,17?,18-/m1/s1. The van der Waals surface area contributed by atoms with Gasteiger partial charge in [-0.1, -0.05) is 18.2 Å². The van der Waals surface area contributed by atoms with E-state index in [1.807, 2.05) is 17.6 Å². The van der Waals surface area contributed by atoms with E-state index in [-0.39, 0.29) is 18.6 Å². The number of carbonyl (C=O) groups excluding carboxylic acids is 1. The lowest BCUT2D eigenvalue weighted by atomic mass is 10.1. The molecule has 1 unspecified atom stereocenters. The quantitative estimate of drug-likeness (QED) is 0.813. The zero-order chi connectivity index (χ0) is 19.0. The van der Waals surface area contributed by atoms with Gasteiger partial charge in [0, 0.05) is 55.4 Å². The van der Waals surface area contributed by atoms with Crippen molar-refractivity contribution in [3.05, 3.63) is 36.0 Å². The highest BCUT2D eigenvalue weighted by atomic mass is 16.5. The van der Waals surface area contributed by atoms with Crippen molar-refractivity contribution in [2.75, 3.05) is 26.2 Å². The summed E-state index contributed by atoms with van der Waals surface area (Å²) < 4.78 is 7.13. The van der Waals surface area contributed by atoms with Crippen LogP contribution in [0.2, 0.25) is 0 Å². The largest absolute Gasteiger partial charge is 0.465 e. The first kappa shape index (κ1) is 18.5. The summed E-state index contributed by atoms with van der Waals surface area (Å²) in [4.78, 5) is 16.9. The Morgan fingerprint density at radius 1 is 1.26 bits per heavy atom. The first-order valence-corrected chi connectivity index (χ1v) is 9.93. The smallest absolute Gasteiger partial charge is 0.325 e. The second-order valence-electron chi connectivity index (χ2n) is 7.88. The minimum Gasteiger partial charge on any atom is -0.465 e. The van der Waals surface area contributed by atoms with Gasteiger partial charge in [0.1, 0.15) is 6.54 Å². The molecule has 0 saturated carbocycles. The molecule has 2 aliphatic rings. The number of rotatable bonds is 5. The molecule has 3 heterocycles. The van der Waals surface area contributed by atoms with Crippen molar-refractivity contribution in [1.82, 2.24) is 14.4 Å². The maximum atomic E-state index is 12.0. The van der Waals surface area contributed by atoms with Crippen LogP contribution < -0.4 is 0 Å². The number of benzene rings is 1. The third-order valence-corrected chi connectivity index (χ3v) is 5.92. The molecule has 0 spiro atoms. The van der Waals surface area contributed by atoms with Crippen LogP contribution in [0.25, 0.3) is 10.9 Å². The molecule has 146 valence electrons. The Morgan fingerprint density at radius 2 is 2.07 bits per heavy atom. The van der Waals surface area contributed by atoms with Crippen LogP contribution in [0.1, 0.15) is 25.8 Å². The van der Waals surface area contributed by atoms with Crippen LogP contribution >= 0.6 is 0 Å². The zero-order valence-corrected chi connectivity index (χ0v) is 16.2. The van der Waals surface area contributed by atoms with E-state index in [0.29, 0.717) is 18.7 Å². The number of aliphatic hydroxyl groups excluding tert-OH is 1. The summed E-state index contributed by atoms with van der Waals surface area (Å²) in [7, 11) is 0. The van der Waals surface area contributed by atoms with E-state index in [2.05, 4.69) is 41.1 Å². The molecule has 2 fully saturated rings. The molecule has 0 amide bonds. The van der Waals surface area contributed by atoms with Crippen molar-refractivity contribution in [3.8, 4) is 0 Å². The van der Waals surface area contributed by atoms with Crippen molar-refractivity contribution in [1.29, 1.82) is 0 Å². The Bertz CT molecular complexity index is 818. The number of carbonyl (C=O) groups is 1. The van der Waals surface area contributed by atoms with Crippen LogP contribution in [0, 0.1) is 0 Å². The van der Waals surface area contributed by atoms with Crippen molar-refractivity contribution in [2.45, 2.75) is 51.5 Å². The van der Waals surface area contributed by atoms with E-state index in [1.54, 1.807) is 0 Å². The van der Waals surface area contributed by atoms with Gasteiger partial charge in [0.15, 0.2) is 0 Å². The fourth-order valence-electron chi connectivity index (χ4n) is 4.64. The zero-order valence-electron chi connectivity index (χ0n) is 16.2. The lowest BCUT2D eigenvalue weighted by molar-refractivity contribution is -0.143. The maximum Gasteiger partial charge on any atom is 0.325 e. The van der Waals surface area contributed by atoms with Crippen molar-refractivity contribution >= 4 is 16.9 Å². The summed E-state index contributed by atoms with van der Waals surface area (Å²) in [5.41, 5.74) is 2.32. The van der Waals surface area contributed by atoms with Gasteiger partial charge in [0.25, 0.3) is 0 Å². The van der Waals surface area contributed by atoms with E-state index < -0.39 is 0 Å². The number of aliphatic hydroxyl groups is 1. The van der Waals surface area contributed by atoms with Crippen molar-refractivity contribution in [3.63, 3.8) is 0 Å². The number of esters is 1. The number of aromatic nitrogens is 1. The Hall–Kier alpha value is -1.89. The average molecular weight is 371 g/mol. The molecule has 3 atom stereocenters. The first-order chi connectivity index (χ1) is 13.0. The maximum absolute atomic E-state index is 12.0. The Balaban J connectivity index is 1.56. The predicted octanol–water partition coefficient (Wildman–Crippen LogP) is 1.84. The molecule has 27 heavy (non-hydrogen) atoms. The highest BCUT2D eigenvalue weighted by Crippen LogP contribution is 2.28. The third-order valence-electron chi connectivity index (χ3n) is 5.92. The number of ether oxygens (including phenoxy) is 1. The number of fused-ring (bicyclic) bond motifs is 2. The van der Waals surface area contributed by atoms with Crippen LogP contribution in [0.4, 0.5) is 0 Å². The number of para-hydroxylation sites is 1. The molecule has 0 aliphatic carbocycles.